The van der Waals surface area contributed by atoms with Gasteiger partial charge in [-0.2, -0.15) is 5.10 Å². The second kappa shape index (κ2) is 7.35. The Labute approximate surface area is 97.2 Å². The van der Waals surface area contributed by atoms with Crippen molar-refractivity contribution in [3.63, 3.8) is 0 Å². The number of ether oxygens (including phenoxy) is 1. The van der Waals surface area contributed by atoms with E-state index in [1.165, 1.54) is 0 Å². The standard InChI is InChI=1S/C11H22N4O/c1-4-12-10(6-5-7-16-3)8-11-13-9-14-15(11)2/h9-10,12H,4-8H2,1-3H3. The minimum Gasteiger partial charge on any atom is -0.385 e. The first-order valence-electron chi connectivity index (χ1n) is 5.83. The molecule has 0 amide bonds. The van der Waals surface area contributed by atoms with Gasteiger partial charge in [-0.05, 0) is 19.4 Å². The number of hydrogen-bond acceptors (Lipinski definition) is 4. The second-order valence-electron chi connectivity index (χ2n) is 3.89. The number of aryl methyl sites for hydroxylation is 1. The van der Waals surface area contributed by atoms with Crippen molar-refractivity contribution < 1.29 is 4.74 Å². The molecule has 5 heteroatoms. The first-order valence-corrected chi connectivity index (χ1v) is 5.83. The molecule has 0 spiro atoms. The predicted molar refractivity (Wildman–Crippen MR) is 63.3 cm³/mol. The molecule has 0 aliphatic rings. The number of methoxy groups -OCH3 is 1. The minimum absolute atomic E-state index is 0.461. The molecule has 1 N–H and O–H groups in total. The van der Waals surface area contributed by atoms with Crippen molar-refractivity contribution in [2.75, 3.05) is 20.3 Å². The Morgan fingerprint density at radius 2 is 2.38 bits per heavy atom. The summed E-state index contributed by atoms with van der Waals surface area (Å²) in [5.74, 6) is 1.03. The molecular weight excluding hydrogens is 204 g/mol. The highest BCUT2D eigenvalue weighted by atomic mass is 16.5. The van der Waals surface area contributed by atoms with Crippen LogP contribution in [0.1, 0.15) is 25.6 Å². The van der Waals surface area contributed by atoms with Gasteiger partial charge in [0.1, 0.15) is 12.2 Å². The highest BCUT2D eigenvalue weighted by Crippen LogP contribution is 2.04. The Morgan fingerprint density at radius 1 is 1.56 bits per heavy atom. The van der Waals surface area contributed by atoms with Gasteiger partial charge in [-0.25, -0.2) is 4.98 Å². The van der Waals surface area contributed by atoms with E-state index in [1.54, 1.807) is 13.4 Å². The van der Waals surface area contributed by atoms with Crippen LogP contribution in [0.5, 0.6) is 0 Å². The van der Waals surface area contributed by atoms with Gasteiger partial charge in [0.2, 0.25) is 0 Å². The molecule has 1 aromatic rings. The van der Waals surface area contributed by atoms with Gasteiger partial charge in [-0.1, -0.05) is 6.92 Å². The molecule has 1 unspecified atom stereocenters. The fraction of sp³-hybridized carbons (Fsp3) is 0.818. The summed E-state index contributed by atoms with van der Waals surface area (Å²) in [5.41, 5.74) is 0. The topological polar surface area (TPSA) is 52.0 Å². The summed E-state index contributed by atoms with van der Waals surface area (Å²) in [5, 5.41) is 7.55. The molecule has 0 aliphatic carbocycles. The lowest BCUT2D eigenvalue weighted by atomic mass is 10.1. The zero-order valence-electron chi connectivity index (χ0n) is 10.4. The molecule has 1 rings (SSSR count). The first-order chi connectivity index (χ1) is 7.77. The summed E-state index contributed by atoms with van der Waals surface area (Å²) in [6, 6.07) is 0.461. The lowest BCUT2D eigenvalue weighted by Crippen LogP contribution is -2.32. The van der Waals surface area contributed by atoms with Crippen LogP contribution in [0.15, 0.2) is 6.33 Å². The maximum atomic E-state index is 5.07. The molecule has 0 fully saturated rings. The summed E-state index contributed by atoms with van der Waals surface area (Å²) < 4.78 is 6.90. The molecule has 0 saturated heterocycles. The quantitative estimate of drug-likeness (QED) is 0.665. The van der Waals surface area contributed by atoms with Gasteiger partial charge >= 0.3 is 0 Å². The lowest BCUT2D eigenvalue weighted by Gasteiger charge is -2.16. The van der Waals surface area contributed by atoms with E-state index in [9.17, 15) is 0 Å². The second-order valence-corrected chi connectivity index (χ2v) is 3.89. The van der Waals surface area contributed by atoms with E-state index in [0.717, 1.165) is 38.2 Å². The largest absolute Gasteiger partial charge is 0.385 e. The molecule has 0 bridgehead atoms. The van der Waals surface area contributed by atoms with E-state index in [4.69, 9.17) is 4.74 Å². The molecule has 0 radical (unpaired) electrons. The van der Waals surface area contributed by atoms with Crippen LogP contribution in [-0.2, 0) is 18.2 Å². The van der Waals surface area contributed by atoms with Crippen LogP contribution in [-0.4, -0.2) is 41.1 Å². The van der Waals surface area contributed by atoms with E-state index < -0.39 is 0 Å². The van der Waals surface area contributed by atoms with Gasteiger partial charge in [0, 0.05) is 33.2 Å². The zero-order valence-corrected chi connectivity index (χ0v) is 10.4. The van der Waals surface area contributed by atoms with Gasteiger partial charge in [-0.3, -0.25) is 4.68 Å². The molecule has 0 saturated carbocycles. The van der Waals surface area contributed by atoms with Gasteiger partial charge in [0.25, 0.3) is 0 Å². The fourth-order valence-electron chi connectivity index (χ4n) is 1.76. The van der Waals surface area contributed by atoms with Crippen LogP contribution in [0.3, 0.4) is 0 Å². The van der Waals surface area contributed by atoms with Crippen molar-refractivity contribution in [1.82, 2.24) is 20.1 Å². The van der Waals surface area contributed by atoms with Crippen LogP contribution in [0.25, 0.3) is 0 Å². The van der Waals surface area contributed by atoms with Crippen LogP contribution in [0, 0.1) is 0 Å². The molecule has 0 aliphatic heterocycles. The van der Waals surface area contributed by atoms with Crippen molar-refractivity contribution in [2.45, 2.75) is 32.2 Å². The van der Waals surface area contributed by atoms with Gasteiger partial charge in [0.15, 0.2) is 0 Å². The average molecular weight is 226 g/mol. The Balaban J connectivity index is 2.41. The minimum atomic E-state index is 0.461. The number of rotatable bonds is 8. The highest BCUT2D eigenvalue weighted by molar-refractivity contribution is 4.88. The van der Waals surface area contributed by atoms with Crippen molar-refractivity contribution >= 4 is 0 Å². The number of aromatic nitrogens is 3. The predicted octanol–water partition coefficient (Wildman–Crippen LogP) is 0.762. The van der Waals surface area contributed by atoms with Crippen molar-refractivity contribution in [3.05, 3.63) is 12.2 Å². The molecule has 1 aromatic heterocycles. The van der Waals surface area contributed by atoms with E-state index >= 15 is 0 Å². The molecule has 92 valence electrons. The van der Waals surface area contributed by atoms with E-state index in [0.29, 0.717) is 6.04 Å². The summed E-state index contributed by atoms with van der Waals surface area (Å²) in [7, 11) is 3.67. The smallest absolute Gasteiger partial charge is 0.138 e. The summed E-state index contributed by atoms with van der Waals surface area (Å²) in [4.78, 5) is 4.25. The third kappa shape index (κ3) is 4.28. The maximum Gasteiger partial charge on any atom is 0.138 e. The Bertz CT molecular complexity index is 287. The maximum absolute atomic E-state index is 5.07. The molecule has 5 nitrogen and oxygen atoms in total. The average Bonchev–Trinajstić information content (AvgIpc) is 2.65. The Hall–Kier alpha value is -0.940. The normalized spacial score (nSPS) is 12.9. The molecule has 1 atom stereocenters. The van der Waals surface area contributed by atoms with Crippen molar-refractivity contribution in [2.24, 2.45) is 7.05 Å². The van der Waals surface area contributed by atoms with E-state index in [1.807, 2.05) is 11.7 Å². The van der Waals surface area contributed by atoms with E-state index in [-0.39, 0.29) is 0 Å². The Morgan fingerprint density at radius 3 is 2.94 bits per heavy atom. The monoisotopic (exact) mass is 226 g/mol. The summed E-state index contributed by atoms with van der Waals surface area (Å²) in [6.07, 6.45) is 4.71. The lowest BCUT2D eigenvalue weighted by molar-refractivity contribution is 0.188. The summed E-state index contributed by atoms with van der Waals surface area (Å²) in [6.45, 7) is 3.93. The summed E-state index contributed by atoms with van der Waals surface area (Å²) >= 11 is 0. The zero-order chi connectivity index (χ0) is 11.8. The van der Waals surface area contributed by atoms with Crippen LogP contribution in [0.4, 0.5) is 0 Å². The highest BCUT2D eigenvalue weighted by Gasteiger charge is 2.11. The molecule has 16 heavy (non-hydrogen) atoms. The first kappa shape index (κ1) is 13.1. The van der Waals surface area contributed by atoms with Crippen molar-refractivity contribution in [3.8, 4) is 0 Å². The number of nitrogens with one attached hydrogen (secondary N) is 1. The number of likely N-dealkylation sites (N-methyl/N-ethyl adjacent to an activating group) is 1. The van der Waals surface area contributed by atoms with Crippen LogP contribution >= 0.6 is 0 Å². The van der Waals surface area contributed by atoms with Gasteiger partial charge in [-0.15, -0.1) is 0 Å². The number of hydrogen-bond donors (Lipinski definition) is 1. The molecule has 0 aromatic carbocycles. The third-order valence-electron chi connectivity index (χ3n) is 2.63. The Kier molecular flexibility index (Phi) is 6.03. The number of nitrogens with zero attached hydrogens (tertiary/aromatic N) is 3. The fourth-order valence-corrected chi connectivity index (χ4v) is 1.76. The van der Waals surface area contributed by atoms with Crippen LogP contribution in [0.2, 0.25) is 0 Å². The molecule has 1 heterocycles. The van der Waals surface area contributed by atoms with Crippen molar-refractivity contribution in [1.29, 1.82) is 0 Å². The molecular formula is C11H22N4O. The third-order valence-corrected chi connectivity index (χ3v) is 2.63. The SMILES string of the molecule is CCNC(CCCOC)Cc1ncnn1C. The van der Waals surface area contributed by atoms with Gasteiger partial charge in [0.05, 0.1) is 0 Å². The van der Waals surface area contributed by atoms with E-state index in [2.05, 4.69) is 22.3 Å². The van der Waals surface area contributed by atoms with Gasteiger partial charge < -0.3 is 10.1 Å². The van der Waals surface area contributed by atoms with Crippen LogP contribution < -0.4 is 5.32 Å².